The molecule has 6 rings (SSSR count). The van der Waals surface area contributed by atoms with Gasteiger partial charge in [-0.05, 0) is 105 Å². The van der Waals surface area contributed by atoms with Crippen molar-refractivity contribution in [3.8, 4) is 0 Å². The van der Waals surface area contributed by atoms with E-state index >= 15 is 0 Å². The number of hydrogen-bond acceptors (Lipinski definition) is 5. The number of hydrogen-bond donors (Lipinski definition) is 1. The van der Waals surface area contributed by atoms with Crippen molar-refractivity contribution in [2.75, 3.05) is 13.7 Å². The van der Waals surface area contributed by atoms with Gasteiger partial charge in [-0.1, -0.05) is 19.1 Å². The zero-order chi connectivity index (χ0) is 23.5. The van der Waals surface area contributed by atoms with Gasteiger partial charge in [0.25, 0.3) is 0 Å². The van der Waals surface area contributed by atoms with Crippen LogP contribution in [0.15, 0.2) is 24.3 Å². The fraction of sp³-hybridized carbons (Fsp3) is 0.750. The number of benzene rings is 1. The maximum Gasteiger partial charge on any atom is 0.159 e. The van der Waals surface area contributed by atoms with Crippen LogP contribution in [0.25, 0.3) is 11.0 Å². The van der Waals surface area contributed by atoms with Crippen LogP contribution in [0.5, 0.6) is 0 Å². The number of methoxy groups -OCH3 is 1. The summed E-state index contributed by atoms with van der Waals surface area (Å²) in [5.41, 5.74) is 1.20. The van der Waals surface area contributed by atoms with E-state index in [9.17, 15) is 9.90 Å². The van der Waals surface area contributed by atoms with Crippen molar-refractivity contribution in [3.05, 3.63) is 24.3 Å². The van der Waals surface area contributed by atoms with Gasteiger partial charge in [0.15, 0.2) is 5.78 Å². The molecule has 1 aromatic carbocycles. The second-order valence-electron chi connectivity index (χ2n) is 12.2. The van der Waals surface area contributed by atoms with E-state index < -0.39 is 5.60 Å². The van der Waals surface area contributed by atoms with Crippen molar-refractivity contribution in [2.45, 2.75) is 76.9 Å². The highest BCUT2D eigenvalue weighted by molar-refractivity contribution is 5.82. The summed E-state index contributed by atoms with van der Waals surface area (Å²) < 4.78 is 5.34. The van der Waals surface area contributed by atoms with Crippen molar-refractivity contribution in [1.82, 2.24) is 15.0 Å². The number of aromatic nitrogens is 3. The first-order chi connectivity index (χ1) is 16.4. The van der Waals surface area contributed by atoms with Crippen LogP contribution in [0.2, 0.25) is 0 Å². The van der Waals surface area contributed by atoms with Crippen LogP contribution < -0.4 is 0 Å². The molecule has 4 aliphatic rings. The van der Waals surface area contributed by atoms with E-state index in [-0.39, 0.29) is 11.3 Å². The lowest BCUT2D eigenvalue weighted by molar-refractivity contribution is -0.137. The normalized spacial score (nSPS) is 41.6. The zero-order valence-corrected chi connectivity index (χ0v) is 20.7. The Balaban J connectivity index is 1.16. The highest BCUT2D eigenvalue weighted by atomic mass is 16.5. The topological polar surface area (TPSA) is 77.2 Å². The molecular weight excluding hydrogens is 426 g/mol. The molecule has 0 unspecified atom stereocenters. The van der Waals surface area contributed by atoms with E-state index in [1.807, 2.05) is 24.3 Å². The first kappa shape index (κ1) is 22.7. The summed E-state index contributed by atoms with van der Waals surface area (Å²) in [7, 11) is 1.70. The van der Waals surface area contributed by atoms with Crippen LogP contribution in [-0.2, 0) is 16.1 Å². The molecule has 1 N–H and O–H groups in total. The monoisotopic (exact) mass is 465 g/mol. The Kier molecular flexibility index (Phi) is 5.60. The molecule has 1 heterocycles. The summed E-state index contributed by atoms with van der Waals surface area (Å²) in [6.45, 7) is 3.18. The lowest BCUT2D eigenvalue weighted by Crippen LogP contribution is -2.52. The molecule has 0 saturated heterocycles. The third-order valence-electron chi connectivity index (χ3n) is 10.5. The van der Waals surface area contributed by atoms with Gasteiger partial charge in [-0.15, -0.1) is 0 Å². The standard InChI is InChI=1S/C28H39N3O3/c1-27-13-11-20-19-12-14-28(33,17-34-2)15-18(19)7-8-21(20)22(27)9-10-23(27)26(32)16-31-29-24-5-3-4-6-25(24)30-31/h3-6,18-23,33H,7-17H2,1-2H3/t18-,19-,20+,21+,22-,23+,27-,28+/m0/s1. The number of ether oxygens (including phenoxy) is 1. The van der Waals surface area contributed by atoms with Crippen molar-refractivity contribution in [3.63, 3.8) is 0 Å². The van der Waals surface area contributed by atoms with Crippen LogP contribution in [0, 0.1) is 40.9 Å². The number of carbonyl (C=O) groups is 1. The minimum Gasteiger partial charge on any atom is -0.387 e. The summed E-state index contributed by atoms with van der Waals surface area (Å²) in [5.74, 6) is 4.01. The molecule has 0 spiro atoms. The van der Waals surface area contributed by atoms with Gasteiger partial charge >= 0.3 is 0 Å². The molecular formula is C28H39N3O3. The Morgan fingerprint density at radius 1 is 1.03 bits per heavy atom. The number of ketones is 1. The van der Waals surface area contributed by atoms with Crippen molar-refractivity contribution in [1.29, 1.82) is 0 Å². The maximum atomic E-state index is 13.5. The van der Waals surface area contributed by atoms with Crippen LogP contribution in [0.3, 0.4) is 0 Å². The van der Waals surface area contributed by atoms with Crippen LogP contribution in [-0.4, -0.2) is 45.2 Å². The molecule has 0 aliphatic heterocycles. The second kappa shape index (κ2) is 8.41. The number of nitrogens with zero attached hydrogens (tertiary/aromatic N) is 3. The first-order valence-corrected chi connectivity index (χ1v) is 13.4. The second-order valence-corrected chi connectivity index (χ2v) is 12.2. The number of fused-ring (bicyclic) bond motifs is 6. The number of carbonyl (C=O) groups excluding carboxylic acids is 1. The SMILES string of the molecule is COC[C@@]1(O)CC[C@H]2[C@@H](CC[C@@H]3[C@@H]2CC[C@]2(C)[C@@H](C(=O)Cn4nc5ccccc5n4)CC[C@@H]32)C1. The molecule has 6 nitrogen and oxygen atoms in total. The van der Waals surface area contributed by atoms with Gasteiger partial charge in [-0.3, -0.25) is 4.79 Å². The molecule has 0 bridgehead atoms. The molecule has 4 aliphatic carbocycles. The summed E-state index contributed by atoms with van der Waals surface area (Å²) in [6, 6.07) is 7.83. The minimum atomic E-state index is -0.623. The van der Waals surface area contributed by atoms with Gasteiger partial charge in [-0.25, -0.2) is 0 Å². The average Bonchev–Trinajstić information content (AvgIpc) is 3.38. The molecule has 0 radical (unpaired) electrons. The molecule has 0 amide bonds. The van der Waals surface area contributed by atoms with Gasteiger partial charge in [0.2, 0.25) is 0 Å². The van der Waals surface area contributed by atoms with Gasteiger partial charge in [-0.2, -0.15) is 15.0 Å². The maximum absolute atomic E-state index is 13.5. The lowest BCUT2D eigenvalue weighted by Gasteiger charge is -2.57. The van der Waals surface area contributed by atoms with Crippen molar-refractivity contribution in [2.24, 2.45) is 40.9 Å². The molecule has 4 saturated carbocycles. The summed E-state index contributed by atoms with van der Waals surface area (Å²) >= 11 is 0. The Hall–Kier alpha value is -1.79. The smallest absolute Gasteiger partial charge is 0.159 e. The Morgan fingerprint density at radius 2 is 1.76 bits per heavy atom. The van der Waals surface area contributed by atoms with Gasteiger partial charge in [0.05, 0.1) is 12.2 Å². The van der Waals surface area contributed by atoms with Crippen molar-refractivity contribution >= 4 is 16.8 Å². The molecule has 4 fully saturated rings. The van der Waals surface area contributed by atoms with E-state index in [2.05, 4.69) is 17.1 Å². The summed E-state index contributed by atoms with van der Waals surface area (Å²) in [4.78, 5) is 15.1. The molecule has 6 heteroatoms. The van der Waals surface area contributed by atoms with Gasteiger partial charge in [0, 0.05) is 13.0 Å². The predicted octanol–water partition coefficient (Wildman–Crippen LogP) is 4.65. The molecule has 8 atom stereocenters. The van der Waals surface area contributed by atoms with Crippen molar-refractivity contribution < 1.29 is 14.6 Å². The number of Topliss-reactive ketones (excluding diaryl/α,β-unsaturated/α-hetero) is 1. The highest BCUT2D eigenvalue weighted by Crippen LogP contribution is 2.64. The van der Waals surface area contributed by atoms with E-state index in [0.29, 0.717) is 30.8 Å². The van der Waals surface area contributed by atoms with Gasteiger partial charge < -0.3 is 9.84 Å². The highest BCUT2D eigenvalue weighted by Gasteiger charge is 2.59. The number of aliphatic hydroxyl groups is 1. The molecule has 1 aromatic heterocycles. The molecule has 34 heavy (non-hydrogen) atoms. The predicted molar refractivity (Wildman–Crippen MR) is 130 cm³/mol. The van der Waals surface area contributed by atoms with E-state index in [1.54, 1.807) is 11.9 Å². The van der Waals surface area contributed by atoms with Crippen LogP contribution >= 0.6 is 0 Å². The van der Waals surface area contributed by atoms with Crippen LogP contribution in [0.4, 0.5) is 0 Å². The number of rotatable bonds is 5. The van der Waals surface area contributed by atoms with Crippen LogP contribution in [0.1, 0.15) is 64.7 Å². The third kappa shape index (κ3) is 3.63. The molecule has 2 aromatic rings. The first-order valence-electron chi connectivity index (χ1n) is 13.4. The third-order valence-corrected chi connectivity index (χ3v) is 10.5. The largest absolute Gasteiger partial charge is 0.387 e. The average molecular weight is 466 g/mol. The minimum absolute atomic E-state index is 0.114. The molecule has 184 valence electrons. The Bertz CT molecular complexity index is 1040. The summed E-state index contributed by atoms with van der Waals surface area (Å²) in [6.07, 6.45) is 10.0. The quantitative estimate of drug-likeness (QED) is 0.696. The van der Waals surface area contributed by atoms with E-state index in [0.717, 1.165) is 60.9 Å². The van der Waals surface area contributed by atoms with Gasteiger partial charge in [0.1, 0.15) is 17.6 Å². The van der Waals surface area contributed by atoms with E-state index in [4.69, 9.17) is 4.74 Å². The summed E-state index contributed by atoms with van der Waals surface area (Å²) in [5, 5.41) is 20.1. The van der Waals surface area contributed by atoms with E-state index in [1.165, 1.54) is 25.7 Å². The Labute approximate surface area is 202 Å². The Morgan fingerprint density at radius 3 is 2.50 bits per heavy atom. The fourth-order valence-corrected chi connectivity index (χ4v) is 9.12. The lowest BCUT2D eigenvalue weighted by atomic mass is 9.49. The fourth-order valence-electron chi connectivity index (χ4n) is 9.12. The zero-order valence-electron chi connectivity index (χ0n) is 20.7.